The first kappa shape index (κ1) is 13.2. The van der Waals surface area contributed by atoms with Crippen LogP contribution in [0, 0.1) is 5.82 Å². The van der Waals surface area contributed by atoms with Gasteiger partial charge in [0.25, 0.3) is 0 Å². The predicted molar refractivity (Wildman–Crippen MR) is 74.3 cm³/mol. The molecule has 1 aliphatic carbocycles. The van der Waals surface area contributed by atoms with E-state index >= 15 is 0 Å². The zero-order valence-electron chi connectivity index (χ0n) is 11.5. The van der Waals surface area contributed by atoms with Crippen LogP contribution in [0.1, 0.15) is 20.3 Å². The first-order valence-electron chi connectivity index (χ1n) is 6.65. The Morgan fingerprint density at radius 2 is 2.24 bits per heavy atom. The fourth-order valence-electron chi connectivity index (χ4n) is 3.17. The lowest BCUT2D eigenvalue weighted by molar-refractivity contribution is -0.181. The molecule has 0 bridgehead atoms. The number of hydrogen-bond acceptors (Lipinski definition) is 4. The van der Waals surface area contributed by atoms with Gasteiger partial charge in [-0.05, 0) is 13.8 Å². The van der Waals surface area contributed by atoms with E-state index in [-0.39, 0.29) is 16.6 Å². The van der Waals surface area contributed by atoms with E-state index in [1.54, 1.807) is 4.57 Å². The molecule has 1 saturated heterocycles. The van der Waals surface area contributed by atoms with Crippen molar-refractivity contribution in [1.29, 1.82) is 0 Å². The van der Waals surface area contributed by atoms with Gasteiger partial charge in [0.2, 0.25) is 0 Å². The largest absolute Gasteiger partial charge is 0.338 e. The fourth-order valence-corrected chi connectivity index (χ4v) is 3.39. The van der Waals surface area contributed by atoms with Gasteiger partial charge in [-0.3, -0.25) is 4.57 Å². The maximum atomic E-state index is 14.3. The van der Waals surface area contributed by atoms with E-state index in [1.165, 1.54) is 12.5 Å². The van der Waals surface area contributed by atoms with E-state index < -0.39 is 17.3 Å². The molecule has 2 aromatic heterocycles. The number of halogens is 2. The molecule has 0 spiro atoms. The molecule has 110 valence electrons. The maximum absolute atomic E-state index is 14.3. The molecule has 2 aromatic rings. The number of fused-ring (bicyclic) bond motifs is 2. The number of nitrogens with zero attached hydrogens (tertiary/aromatic N) is 3. The Bertz CT molecular complexity index is 773. The van der Waals surface area contributed by atoms with Crippen molar-refractivity contribution >= 4 is 22.6 Å². The topological polar surface area (TPSA) is 49.2 Å². The molecule has 2 unspecified atom stereocenters. The lowest BCUT2D eigenvalue weighted by Gasteiger charge is -2.30. The summed E-state index contributed by atoms with van der Waals surface area (Å²) >= 11 is 5.99. The van der Waals surface area contributed by atoms with Crippen LogP contribution in [0.2, 0.25) is 5.15 Å². The van der Waals surface area contributed by atoms with Crippen molar-refractivity contribution in [3.8, 4) is 0 Å². The molecule has 5 nitrogen and oxygen atoms in total. The first-order valence-corrected chi connectivity index (χ1v) is 7.03. The Morgan fingerprint density at radius 1 is 1.43 bits per heavy atom. The van der Waals surface area contributed by atoms with E-state index in [0.717, 1.165) is 0 Å². The molecule has 3 heterocycles. The molecular formula is C14H13ClFN3O2. The lowest BCUT2D eigenvalue weighted by Crippen LogP contribution is -2.39. The molecule has 0 saturated carbocycles. The molecule has 21 heavy (non-hydrogen) atoms. The highest BCUT2D eigenvalue weighted by atomic mass is 35.5. The molecule has 2 atom stereocenters. The third kappa shape index (κ3) is 1.70. The van der Waals surface area contributed by atoms with Gasteiger partial charge in [0, 0.05) is 12.6 Å². The van der Waals surface area contributed by atoms with Crippen LogP contribution in [-0.2, 0) is 15.2 Å². The highest BCUT2D eigenvalue weighted by molar-refractivity contribution is 6.34. The SMILES string of the molecule is CC1(C)OC2C=CCC2(n2cc(F)c3c(Cl)ncnc32)O1. The van der Waals surface area contributed by atoms with Crippen molar-refractivity contribution in [3.63, 3.8) is 0 Å². The van der Waals surface area contributed by atoms with Crippen LogP contribution in [-0.4, -0.2) is 26.4 Å². The lowest BCUT2D eigenvalue weighted by atomic mass is 10.1. The highest BCUT2D eigenvalue weighted by Crippen LogP contribution is 2.48. The van der Waals surface area contributed by atoms with E-state index in [4.69, 9.17) is 21.1 Å². The van der Waals surface area contributed by atoms with Crippen LogP contribution in [0.4, 0.5) is 4.39 Å². The quantitative estimate of drug-likeness (QED) is 0.600. The van der Waals surface area contributed by atoms with Gasteiger partial charge in [-0.25, -0.2) is 14.4 Å². The Balaban J connectivity index is 1.97. The molecule has 2 aliphatic rings. The zero-order chi connectivity index (χ0) is 14.8. The molecular weight excluding hydrogens is 297 g/mol. The molecule has 0 N–H and O–H groups in total. The summed E-state index contributed by atoms with van der Waals surface area (Å²) in [5.41, 5.74) is -0.424. The van der Waals surface area contributed by atoms with Crippen LogP contribution in [0.25, 0.3) is 11.0 Å². The molecule has 4 rings (SSSR count). The normalized spacial score (nSPS) is 30.2. The van der Waals surface area contributed by atoms with Crippen LogP contribution in [0.3, 0.4) is 0 Å². The molecule has 0 amide bonds. The minimum absolute atomic E-state index is 0.0910. The summed E-state index contributed by atoms with van der Waals surface area (Å²) in [5.74, 6) is -1.22. The van der Waals surface area contributed by atoms with Gasteiger partial charge in [0.05, 0.1) is 5.39 Å². The third-order valence-electron chi connectivity index (χ3n) is 3.90. The minimum atomic E-state index is -0.830. The third-order valence-corrected chi connectivity index (χ3v) is 4.18. The Kier molecular flexibility index (Phi) is 2.53. The monoisotopic (exact) mass is 309 g/mol. The smallest absolute Gasteiger partial charge is 0.183 e. The van der Waals surface area contributed by atoms with Gasteiger partial charge in [-0.2, -0.15) is 0 Å². The van der Waals surface area contributed by atoms with E-state index in [9.17, 15) is 4.39 Å². The van der Waals surface area contributed by atoms with Crippen molar-refractivity contribution in [2.45, 2.75) is 37.9 Å². The van der Waals surface area contributed by atoms with Gasteiger partial charge >= 0.3 is 0 Å². The summed E-state index contributed by atoms with van der Waals surface area (Å²) in [5, 5.41) is 0.292. The average molecular weight is 310 g/mol. The summed E-state index contributed by atoms with van der Waals surface area (Å²) in [6, 6.07) is 0. The van der Waals surface area contributed by atoms with E-state index in [0.29, 0.717) is 12.1 Å². The fraction of sp³-hybridized carbons (Fsp3) is 0.429. The molecule has 7 heteroatoms. The summed E-state index contributed by atoms with van der Waals surface area (Å²) in [6.45, 7) is 3.68. The Morgan fingerprint density at radius 3 is 3.05 bits per heavy atom. The molecule has 1 aliphatic heterocycles. The Labute approximate surface area is 125 Å². The second kappa shape index (κ2) is 4.03. The first-order chi connectivity index (χ1) is 9.93. The number of rotatable bonds is 1. The zero-order valence-corrected chi connectivity index (χ0v) is 12.3. The predicted octanol–water partition coefficient (Wildman–Crippen LogP) is 2.99. The van der Waals surface area contributed by atoms with Crippen LogP contribution in [0.5, 0.6) is 0 Å². The van der Waals surface area contributed by atoms with Crippen molar-refractivity contribution < 1.29 is 13.9 Å². The standard InChI is InChI=1S/C14H13ClFN3O2/c1-13(2)20-9-4-3-5-14(9,21-13)19-6-8(16)10-11(15)17-7-18-12(10)19/h3-4,6-7,9H,5H2,1-2H3. The van der Waals surface area contributed by atoms with Crippen LogP contribution >= 0.6 is 11.6 Å². The van der Waals surface area contributed by atoms with Crippen molar-refractivity contribution in [3.05, 3.63) is 35.6 Å². The Hall–Kier alpha value is -1.50. The van der Waals surface area contributed by atoms with Gasteiger partial charge in [0.1, 0.15) is 23.2 Å². The second-order valence-corrected chi connectivity index (χ2v) is 6.09. The maximum Gasteiger partial charge on any atom is 0.183 e. The van der Waals surface area contributed by atoms with Gasteiger partial charge in [-0.15, -0.1) is 0 Å². The van der Waals surface area contributed by atoms with E-state index in [2.05, 4.69) is 9.97 Å². The van der Waals surface area contributed by atoms with Crippen LogP contribution < -0.4 is 0 Å². The summed E-state index contributed by atoms with van der Waals surface area (Å²) in [6.07, 6.45) is 6.85. The van der Waals surface area contributed by atoms with Crippen molar-refractivity contribution in [2.75, 3.05) is 0 Å². The van der Waals surface area contributed by atoms with Gasteiger partial charge in [0.15, 0.2) is 17.3 Å². The molecule has 1 fully saturated rings. The van der Waals surface area contributed by atoms with E-state index in [1.807, 2.05) is 26.0 Å². The summed E-state index contributed by atoms with van der Waals surface area (Å²) in [7, 11) is 0. The molecule has 0 radical (unpaired) electrons. The number of hydrogen-bond donors (Lipinski definition) is 0. The number of aromatic nitrogens is 3. The average Bonchev–Trinajstić information content (AvgIpc) is 2.99. The van der Waals surface area contributed by atoms with Crippen molar-refractivity contribution in [2.24, 2.45) is 0 Å². The number of ether oxygens (including phenoxy) is 2. The minimum Gasteiger partial charge on any atom is -0.338 e. The highest BCUT2D eigenvalue weighted by Gasteiger charge is 2.56. The summed E-state index contributed by atoms with van der Waals surface area (Å²) < 4.78 is 27.9. The van der Waals surface area contributed by atoms with Crippen LogP contribution in [0.15, 0.2) is 24.7 Å². The summed E-state index contributed by atoms with van der Waals surface area (Å²) in [4.78, 5) is 8.01. The van der Waals surface area contributed by atoms with Gasteiger partial charge < -0.3 is 9.47 Å². The van der Waals surface area contributed by atoms with Crippen molar-refractivity contribution in [1.82, 2.24) is 14.5 Å². The van der Waals surface area contributed by atoms with Gasteiger partial charge in [-0.1, -0.05) is 23.8 Å². The molecule has 0 aromatic carbocycles. The second-order valence-electron chi connectivity index (χ2n) is 5.73.